The molecule has 0 aliphatic carbocycles. The van der Waals surface area contributed by atoms with E-state index in [2.05, 4.69) is 35.6 Å². The van der Waals surface area contributed by atoms with Gasteiger partial charge in [0.25, 0.3) is 0 Å². The summed E-state index contributed by atoms with van der Waals surface area (Å²) in [5.74, 6) is 0.624. The number of benzene rings is 4. The molecule has 1 atom stereocenters. The third-order valence-electron chi connectivity index (χ3n) is 5.45. The second-order valence-electron chi connectivity index (χ2n) is 7.35. The molecule has 1 heterocycles. The van der Waals surface area contributed by atoms with Crippen LogP contribution in [-0.4, -0.2) is 5.78 Å². The van der Waals surface area contributed by atoms with Crippen LogP contribution in [-0.2, 0) is 6.54 Å². The van der Waals surface area contributed by atoms with E-state index < -0.39 is 6.10 Å². The molecular formula is C27H21NO2. The molecule has 0 spiro atoms. The van der Waals surface area contributed by atoms with Crippen molar-refractivity contribution in [1.82, 2.24) is 5.32 Å². The van der Waals surface area contributed by atoms with Crippen LogP contribution in [0.25, 0.3) is 10.8 Å². The first-order chi connectivity index (χ1) is 14.8. The number of fused-ring (bicyclic) bond motifs is 2. The summed E-state index contributed by atoms with van der Waals surface area (Å²) in [5, 5.41) is 5.78. The van der Waals surface area contributed by atoms with Crippen LogP contribution in [0.1, 0.15) is 27.6 Å². The van der Waals surface area contributed by atoms with Gasteiger partial charge in [-0.25, -0.2) is 0 Å². The van der Waals surface area contributed by atoms with Crippen LogP contribution in [0.2, 0.25) is 0 Å². The molecule has 1 N–H and O–H groups in total. The van der Waals surface area contributed by atoms with Crippen LogP contribution in [0, 0.1) is 0 Å². The predicted octanol–water partition coefficient (Wildman–Crippen LogP) is 5.83. The normalized spacial score (nSPS) is 16.9. The number of nitrogens with one attached hydrogen (secondary N) is 1. The first-order valence-corrected chi connectivity index (χ1v) is 10.1. The van der Waals surface area contributed by atoms with E-state index in [1.54, 1.807) is 0 Å². The van der Waals surface area contributed by atoms with Crippen molar-refractivity contribution in [1.29, 1.82) is 0 Å². The quantitative estimate of drug-likeness (QED) is 0.445. The number of para-hydroxylation sites is 1. The highest BCUT2D eigenvalue weighted by atomic mass is 16.5. The Morgan fingerprint density at radius 3 is 2.43 bits per heavy atom. The van der Waals surface area contributed by atoms with Crippen LogP contribution in [0.15, 0.2) is 109 Å². The fourth-order valence-corrected chi connectivity index (χ4v) is 3.96. The van der Waals surface area contributed by atoms with Crippen molar-refractivity contribution in [3.8, 4) is 5.75 Å². The lowest BCUT2D eigenvalue weighted by Crippen LogP contribution is -2.25. The van der Waals surface area contributed by atoms with Gasteiger partial charge in [0.1, 0.15) is 5.75 Å². The number of ketones is 1. The summed E-state index contributed by atoms with van der Waals surface area (Å²) in [6.07, 6.45) is 1.38. The Morgan fingerprint density at radius 2 is 1.53 bits per heavy atom. The van der Waals surface area contributed by atoms with Crippen LogP contribution >= 0.6 is 0 Å². The molecule has 0 saturated carbocycles. The minimum absolute atomic E-state index is 0.00359. The molecule has 30 heavy (non-hydrogen) atoms. The Balaban J connectivity index is 1.48. The van der Waals surface area contributed by atoms with E-state index in [9.17, 15) is 4.79 Å². The summed E-state index contributed by atoms with van der Waals surface area (Å²) in [4.78, 5) is 13.3. The molecule has 0 radical (unpaired) electrons. The van der Waals surface area contributed by atoms with Crippen LogP contribution in [0.3, 0.4) is 0 Å². The highest BCUT2D eigenvalue weighted by Gasteiger charge is 2.32. The lowest BCUT2D eigenvalue weighted by molar-refractivity contribution is 0.0959. The number of carbonyl (C=O) groups excluding carboxylic acids is 1. The molecule has 0 bridgehead atoms. The minimum Gasteiger partial charge on any atom is -0.480 e. The van der Waals surface area contributed by atoms with Gasteiger partial charge in [-0.15, -0.1) is 0 Å². The third-order valence-corrected chi connectivity index (χ3v) is 5.45. The number of hydrogen-bond acceptors (Lipinski definition) is 3. The molecule has 3 heteroatoms. The van der Waals surface area contributed by atoms with Gasteiger partial charge in [-0.2, -0.15) is 0 Å². The lowest BCUT2D eigenvalue weighted by atomic mass is 9.91. The Hall–Kier alpha value is -3.85. The molecule has 0 aromatic heterocycles. The van der Waals surface area contributed by atoms with Crippen molar-refractivity contribution < 1.29 is 9.53 Å². The zero-order chi connectivity index (χ0) is 20.3. The molecule has 3 nitrogen and oxygen atoms in total. The van der Waals surface area contributed by atoms with Gasteiger partial charge in [-0.1, -0.05) is 84.9 Å². The lowest BCUT2D eigenvalue weighted by Gasteiger charge is -2.28. The van der Waals surface area contributed by atoms with E-state index in [1.165, 1.54) is 16.3 Å². The molecular weight excluding hydrogens is 370 g/mol. The molecule has 4 aromatic carbocycles. The van der Waals surface area contributed by atoms with Gasteiger partial charge >= 0.3 is 0 Å². The van der Waals surface area contributed by atoms with Gasteiger partial charge in [0.05, 0.1) is 11.1 Å². The Labute approximate surface area is 175 Å². The number of ether oxygens (including phenoxy) is 1. The van der Waals surface area contributed by atoms with Crippen molar-refractivity contribution in [2.24, 2.45) is 0 Å². The average molecular weight is 391 g/mol. The monoisotopic (exact) mass is 391 g/mol. The van der Waals surface area contributed by atoms with E-state index in [4.69, 9.17) is 4.74 Å². The topological polar surface area (TPSA) is 38.3 Å². The molecule has 1 aliphatic heterocycles. The maximum Gasteiger partial charge on any atom is 0.198 e. The fraction of sp³-hybridized carbons (Fsp3) is 0.0741. The highest BCUT2D eigenvalue weighted by Crippen LogP contribution is 2.38. The summed E-state index contributed by atoms with van der Waals surface area (Å²) in [5.41, 5.74) is 3.35. The standard InChI is InChI=1S/C27H21NO2/c29-26-23-15-6-7-16-25(23)30-27(20-10-2-1-3-11-20)24(26)18-28-17-21-13-8-12-19-9-4-5-14-22(19)21/h1-16,18,27-28H,17H2/b24-18+. The summed E-state index contributed by atoms with van der Waals surface area (Å²) >= 11 is 0. The molecule has 4 aromatic rings. The van der Waals surface area contributed by atoms with Crippen molar-refractivity contribution in [2.45, 2.75) is 12.6 Å². The molecule has 0 amide bonds. The van der Waals surface area contributed by atoms with Crippen molar-refractivity contribution in [3.05, 3.63) is 126 Å². The third kappa shape index (κ3) is 3.35. The molecule has 5 rings (SSSR count). The zero-order valence-corrected chi connectivity index (χ0v) is 16.4. The van der Waals surface area contributed by atoms with E-state index in [0.29, 0.717) is 23.4 Å². The van der Waals surface area contributed by atoms with Gasteiger partial charge in [-0.3, -0.25) is 4.79 Å². The first-order valence-electron chi connectivity index (χ1n) is 10.1. The second-order valence-corrected chi connectivity index (χ2v) is 7.35. The number of carbonyl (C=O) groups is 1. The maximum absolute atomic E-state index is 13.3. The maximum atomic E-state index is 13.3. The van der Waals surface area contributed by atoms with E-state index >= 15 is 0 Å². The van der Waals surface area contributed by atoms with E-state index in [0.717, 1.165) is 5.56 Å². The molecule has 146 valence electrons. The van der Waals surface area contributed by atoms with Crippen molar-refractivity contribution in [3.63, 3.8) is 0 Å². The van der Waals surface area contributed by atoms with Crippen molar-refractivity contribution >= 4 is 16.6 Å². The molecule has 0 saturated heterocycles. The summed E-state index contributed by atoms with van der Waals surface area (Å²) in [6.45, 7) is 0.626. The van der Waals surface area contributed by atoms with Gasteiger partial charge in [0, 0.05) is 12.7 Å². The van der Waals surface area contributed by atoms with Crippen LogP contribution in [0.4, 0.5) is 0 Å². The average Bonchev–Trinajstić information content (AvgIpc) is 2.81. The summed E-state index contributed by atoms with van der Waals surface area (Å²) in [6, 6.07) is 31.9. The number of Topliss-reactive ketones (excluding diaryl/α,β-unsaturated/α-hetero) is 1. The minimum atomic E-state index is -0.436. The predicted molar refractivity (Wildman–Crippen MR) is 119 cm³/mol. The van der Waals surface area contributed by atoms with Crippen LogP contribution in [0.5, 0.6) is 5.75 Å². The smallest absolute Gasteiger partial charge is 0.198 e. The Morgan fingerprint density at radius 1 is 0.800 bits per heavy atom. The number of hydrogen-bond donors (Lipinski definition) is 1. The number of rotatable bonds is 4. The summed E-state index contributed by atoms with van der Waals surface area (Å²) < 4.78 is 6.24. The van der Waals surface area contributed by atoms with Gasteiger partial charge < -0.3 is 10.1 Å². The zero-order valence-electron chi connectivity index (χ0n) is 16.4. The second kappa shape index (κ2) is 7.88. The van der Waals surface area contributed by atoms with Gasteiger partial charge in [0.2, 0.25) is 0 Å². The Bertz CT molecular complexity index is 1240. The summed E-state index contributed by atoms with van der Waals surface area (Å²) in [7, 11) is 0. The molecule has 1 aliphatic rings. The largest absolute Gasteiger partial charge is 0.480 e. The fourth-order valence-electron chi connectivity index (χ4n) is 3.96. The highest BCUT2D eigenvalue weighted by molar-refractivity contribution is 6.12. The SMILES string of the molecule is O=C1/C(=C\NCc2cccc3ccccc23)C(c2ccccc2)Oc2ccccc21. The first kappa shape index (κ1) is 18.2. The van der Waals surface area contributed by atoms with Gasteiger partial charge in [0.15, 0.2) is 11.9 Å². The van der Waals surface area contributed by atoms with Crippen molar-refractivity contribution in [2.75, 3.05) is 0 Å². The van der Waals surface area contributed by atoms with Crippen LogP contribution < -0.4 is 10.1 Å². The Kier molecular flexibility index (Phi) is 4.78. The van der Waals surface area contributed by atoms with Gasteiger partial charge in [-0.05, 0) is 34.0 Å². The van der Waals surface area contributed by atoms with E-state index in [-0.39, 0.29) is 5.78 Å². The molecule has 0 fully saturated rings. The van der Waals surface area contributed by atoms with E-state index in [1.807, 2.05) is 72.9 Å². The molecule has 1 unspecified atom stereocenters.